The monoisotopic (exact) mass is 333 g/mol. The first-order chi connectivity index (χ1) is 11.3. The van der Waals surface area contributed by atoms with Crippen LogP contribution in [0.5, 0.6) is 5.75 Å². The Kier molecular flexibility index (Phi) is 5.18. The number of carboxylic acid groups (broad SMARTS) is 1. The number of nitrogens with one attached hydrogen (secondary N) is 1. The number of carbonyl (C=O) groups is 1. The Morgan fingerprint density at radius 1 is 1.25 bits per heavy atom. The maximum atomic E-state index is 14.1. The van der Waals surface area contributed by atoms with Crippen LogP contribution < -0.4 is 10.1 Å². The van der Waals surface area contributed by atoms with E-state index in [0.29, 0.717) is 17.4 Å². The summed E-state index contributed by atoms with van der Waals surface area (Å²) in [6, 6.07) is 7.18. The number of alkyl halides is 2. The van der Waals surface area contributed by atoms with Gasteiger partial charge in [-0.05, 0) is 42.3 Å². The van der Waals surface area contributed by atoms with Gasteiger partial charge in [0.2, 0.25) is 0 Å². The summed E-state index contributed by atoms with van der Waals surface area (Å²) < 4.78 is 33.3. The molecule has 0 atom stereocenters. The Balaban J connectivity index is 2.19. The van der Waals surface area contributed by atoms with Crippen LogP contribution in [0.15, 0.2) is 48.5 Å². The summed E-state index contributed by atoms with van der Waals surface area (Å²) in [4.78, 5) is 11.1. The Morgan fingerprint density at radius 3 is 2.58 bits per heavy atom. The molecule has 4 nitrogen and oxygen atoms in total. The number of hydrogen-bond acceptors (Lipinski definition) is 3. The molecule has 6 heteroatoms. The standard InChI is InChI=1S/C18H17F2NO3/c1-12-11-13(7-8-16(12)24-2)9-10-18(19,20)21-15-6-4-3-5-14(15)17(22)23/h3-11,21H,1-2H3,(H,22,23). The zero-order chi connectivity index (χ0) is 17.7. The molecule has 0 aromatic heterocycles. The number of anilines is 1. The van der Waals surface area contributed by atoms with Gasteiger partial charge in [0.1, 0.15) is 5.75 Å². The van der Waals surface area contributed by atoms with Crippen molar-refractivity contribution < 1.29 is 23.4 Å². The summed E-state index contributed by atoms with van der Waals surface area (Å²) in [6.07, 6.45) is 1.95. The van der Waals surface area contributed by atoms with E-state index in [1.807, 2.05) is 12.2 Å². The molecule has 0 bridgehead atoms. The van der Waals surface area contributed by atoms with Gasteiger partial charge in [0, 0.05) is 6.08 Å². The van der Waals surface area contributed by atoms with E-state index in [2.05, 4.69) is 0 Å². The van der Waals surface area contributed by atoms with Gasteiger partial charge < -0.3 is 15.2 Å². The van der Waals surface area contributed by atoms with Gasteiger partial charge in [-0.25, -0.2) is 4.79 Å². The van der Waals surface area contributed by atoms with Crippen molar-refractivity contribution in [2.75, 3.05) is 12.4 Å². The van der Waals surface area contributed by atoms with Gasteiger partial charge in [0.25, 0.3) is 0 Å². The molecule has 126 valence electrons. The highest BCUT2D eigenvalue weighted by molar-refractivity contribution is 5.94. The van der Waals surface area contributed by atoms with Crippen molar-refractivity contribution in [1.29, 1.82) is 0 Å². The molecule has 0 aliphatic rings. The minimum Gasteiger partial charge on any atom is -0.496 e. The van der Waals surface area contributed by atoms with E-state index < -0.39 is 12.0 Å². The zero-order valence-electron chi connectivity index (χ0n) is 13.2. The van der Waals surface area contributed by atoms with Crippen molar-refractivity contribution in [2.24, 2.45) is 0 Å². The number of aromatic carboxylic acids is 1. The Hall–Kier alpha value is -2.89. The van der Waals surface area contributed by atoms with Crippen molar-refractivity contribution >= 4 is 17.7 Å². The van der Waals surface area contributed by atoms with Crippen LogP contribution in [0, 0.1) is 6.92 Å². The highest BCUT2D eigenvalue weighted by Gasteiger charge is 2.26. The third-order valence-electron chi connectivity index (χ3n) is 3.36. The number of benzene rings is 2. The molecule has 0 amide bonds. The minimum atomic E-state index is -3.40. The van der Waals surface area contributed by atoms with E-state index in [1.54, 1.807) is 18.2 Å². The van der Waals surface area contributed by atoms with E-state index in [4.69, 9.17) is 9.84 Å². The van der Waals surface area contributed by atoms with Crippen molar-refractivity contribution in [3.8, 4) is 5.75 Å². The van der Waals surface area contributed by atoms with Crippen LogP contribution in [-0.2, 0) is 0 Å². The fourth-order valence-electron chi connectivity index (χ4n) is 2.21. The van der Waals surface area contributed by atoms with Gasteiger partial charge in [0.15, 0.2) is 0 Å². The van der Waals surface area contributed by atoms with Crippen LogP contribution in [0.3, 0.4) is 0 Å². The summed E-state index contributed by atoms with van der Waals surface area (Å²) in [7, 11) is 1.54. The second-order valence-electron chi connectivity index (χ2n) is 5.16. The van der Waals surface area contributed by atoms with Crippen molar-refractivity contribution in [2.45, 2.75) is 13.0 Å². The lowest BCUT2D eigenvalue weighted by Gasteiger charge is -2.17. The number of carboxylic acids is 1. The van der Waals surface area contributed by atoms with Crippen molar-refractivity contribution in [1.82, 2.24) is 0 Å². The van der Waals surface area contributed by atoms with Gasteiger partial charge >= 0.3 is 12.0 Å². The molecule has 0 saturated carbocycles. The molecule has 24 heavy (non-hydrogen) atoms. The normalized spacial score (nSPS) is 11.5. The molecule has 0 saturated heterocycles. The minimum absolute atomic E-state index is 0.148. The maximum absolute atomic E-state index is 14.1. The van der Waals surface area contributed by atoms with Crippen LogP contribution >= 0.6 is 0 Å². The number of aryl methyl sites for hydroxylation is 1. The first kappa shape index (κ1) is 17.5. The highest BCUT2D eigenvalue weighted by atomic mass is 19.3. The summed E-state index contributed by atoms with van der Waals surface area (Å²) in [5, 5.41) is 11.0. The van der Waals surface area contributed by atoms with E-state index in [9.17, 15) is 13.6 Å². The Labute approximate surface area is 138 Å². The molecule has 0 radical (unpaired) electrons. The topological polar surface area (TPSA) is 58.6 Å². The average Bonchev–Trinajstić information content (AvgIpc) is 2.53. The molecule has 2 N–H and O–H groups in total. The maximum Gasteiger partial charge on any atom is 0.343 e. The van der Waals surface area contributed by atoms with E-state index in [0.717, 1.165) is 5.56 Å². The zero-order valence-corrected chi connectivity index (χ0v) is 13.2. The molecule has 0 fully saturated rings. The average molecular weight is 333 g/mol. The number of hydrogen-bond donors (Lipinski definition) is 2. The Morgan fingerprint density at radius 2 is 1.96 bits per heavy atom. The van der Waals surface area contributed by atoms with Crippen LogP contribution in [0.25, 0.3) is 6.08 Å². The molecular weight excluding hydrogens is 316 g/mol. The SMILES string of the molecule is COc1ccc(C=CC(F)(F)Nc2ccccc2C(=O)O)cc1C. The molecule has 2 rings (SSSR count). The number of para-hydroxylation sites is 1. The summed E-state index contributed by atoms with van der Waals surface area (Å²) in [5.74, 6) is -0.601. The fourth-order valence-corrected chi connectivity index (χ4v) is 2.21. The molecule has 0 unspecified atom stereocenters. The van der Waals surface area contributed by atoms with E-state index in [-0.39, 0.29) is 11.3 Å². The predicted octanol–water partition coefficient (Wildman–Crippen LogP) is 4.42. The highest BCUT2D eigenvalue weighted by Crippen LogP contribution is 2.25. The lowest BCUT2D eigenvalue weighted by molar-refractivity contribution is 0.0695. The molecule has 2 aromatic carbocycles. The number of halogens is 2. The second-order valence-corrected chi connectivity index (χ2v) is 5.16. The summed E-state index contributed by atoms with van der Waals surface area (Å²) in [6.45, 7) is 1.82. The van der Waals surface area contributed by atoms with Gasteiger partial charge in [0.05, 0.1) is 18.4 Å². The van der Waals surface area contributed by atoms with Crippen molar-refractivity contribution in [3.63, 3.8) is 0 Å². The number of rotatable bonds is 6. The van der Waals surface area contributed by atoms with Gasteiger partial charge in [-0.1, -0.05) is 24.3 Å². The Bertz CT molecular complexity index is 773. The van der Waals surface area contributed by atoms with Gasteiger partial charge in [-0.3, -0.25) is 0 Å². The molecule has 0 spiro atoms. The van der Waals surface area contributed by atoms with E-state index >= 15 is 0 Å². The fraction of sp³-hybridized carbons (Fsp3) is 0.167. The predicted molar refractivity (Wildman–Crippen MR) is 88.7 cm³/mol. The number of ether oxygens (including phenoxy) is 1. The first-order valence-electron chi connectivity index (χ1n) is 7.14. The molecule has 2 aromatic rings. The van der Waals surface area contributed by atoms with Crippen LogP contribution in [0.2, 0.25) is 0 Å². The lowest BCUT2D eigenvalue weighted by atomic mass is 10.1. The van der Waals surface area contributed by atoms with Crippen LogP contribution in [0.4, 0.5) is 14.5 Å². The quantitative estimate of drug-likeness (QED) is 0.768. The third-order valence-corrected chi connectivity index (χ3v) is 3.36. The molecule has 0 heterocycles. The van der Waals surface area contributed by atoms with Gasteiger partial charge in [-0.15, -0.1) is 0 Å². The van der Waals surface area contributed by atoms with E-state index in [1.165, 1.54) is 37.5 Å². The van der Waals surface area contributed by atoms with Gasteiger partial charge in [-0.2, -0.15) is 8.78 Å². The first-order valence-corrected chi connectivity index (χ1v) is 7.14. The van der Waals surface area contributed by atoms with Crippen LogP contribution in [0.1, 0.15) is 21.5 Å². The number of methoxy groups -OCH3 is 1. The largest absolute Gasteiger partial charge is 0.496 e. The molecule has 0 aliphatic heterocycles. The summed E-state index contributed by atoms with van der Waals surface area (Å²) in [5.41, 5.74) is 1.05. The third kappa shape index (κ3) is 4.32. The second kappa shape index (κ2) is 7.12. The lowest BCUT2D eigenvalue weighted by Crippen LogP contribution is -2.25. The smallest absolute Gasteiger partial charge is 0.343 e. The summed E-state index contributed by atoms with van der Waals surface area (Å²) >= 11 is 0. The molecule has 0 aliphatic carbocycles. The van der Waals surface area contributed by atoms with Crippen molar-refractivity contribution in [3.05, 3.63) is 65.2 Å². The van der Waals surface area contributed by atoms with Crippen LogP contribution in [-0.4, -0.2) is 24.2 Å². The molecular formula is C18H17F2NO3.